The molecule has 0 aliphatic rings. The predicted molar refractivity (Wildman–Crippen MR) is 105 cm³/mol. The SMILES string of the molecule is CCc1c(C(=O)NCc2csc(C(C)C)n2)cnn1-c1cccc(Cl)c1. The molecule has 0 saturated carbocycles. The summed E-state index contributed by atoms with van der Waals surface area (Å²) in [4.78, 5) is 17.2. The van der Waals surface area contributed by atoms with E-state index in [9.17, 15) is 4.79 Å². The number of benzene rings is 1. The molecule has 0 aliphatic carbocycles. The Morgan fingerprint density at radius 1 is 1.38 bits per heavy atom. The molecule has 3 rings (SSSR count). The van der Waals surface area contributed by atoms with Crippen LogP contribution in [0.25, 0.3) is 5.69 Å². The maximum atomic E-state index is 12.6. The highest BCUT2D eigenvalue weighted by molar-refractivity contribution is 7.09. The normalized spacial score (nSPS) is 11.1. The summed E-state index contributed by atoms with van der Waals surface area (Å²) < 4.78 is 1.76. The number of aromatic nitrogens is 3. The second-order valence-corrected chi connectivity index (χ2v) is 7.59. The summed E-state index contributed by atoms with van der Waals surface area (Å²) in [6.45, 7) is 6.63. The lowest BCUT2D eigenvalue weighted by atomic mass is 10.2. The number of hydrogen-bond donors (Lipinski definition) is 1. The summed E-state index contributed by atoms with van der Waals surface area (Å²) in [7, 11) is 0. The van der Waals surface area contributed by atoms with E-state index in [0.29, 0.717) is 29.5 Å². The van der Waals surface area contributed by atoms with Gasteiger partial charge in [-0.2, -0.15) is 5.10 Å². The van der Waals surface area contributed by atoms with Crippen molar-refractivity contribution in [3.05, 3.63) is 62.8 Å². The van der Waals surface area contributed by atoms with Crippen LogP contribution in [-0.4, -0.2) is 20.7 Å². The van der Waals surface area contributed by atoms with E-state index in [0.717, 1.165) is 22.1 Å². The summed E-state index contributed by atoms with van der Waals surface area (Å²) in [6.07, 6.45) is 2.29. The molecule has 136 valence electrons. The topological polar surface area (TPSA) is 59.8 Å². The van der Waals surface area contributed by atoms with Gasteiger partial charge in [-0.15, -0.1) is 11.3 Å². The summed E-state index contributed by atoms with van der Waals surface area (Å²) in [5.41, 5.74) is 3.15. The molecular weight excluding hydrogens is 368 g/mol. The number of carbonyl (C=O) groups excluding carboxylic acids is 1. The predicted octanol–water partition coefficient (Wildman–Crippen LogP) is 4.60. The molecule has 0 unspecified atom stereocenters. The Kier molecular flexibility index (Phi) is 5.74. The molecule has 0 aliphatic heterocycles. The van der Waals surface area contributed by atoms with Crippen LogP contribution in [-0.2, 0) is 13.0 Å². The minimum atomic E-state index is -0.144. The first kappa shape index (κ1) is 18.6. The van der Waals surface area contributed by atoms with Gasteiger partial charge in [0.1, 0.15) is 0 Å². The molecule has 26 heavy (non-hydrogen) atoms. The standard InChI is InChI=1S/C19H21ClN4OS/c1-4-17-16(10-22-24(17)15-7-5-6-13(20)8-15)18(25)21-9-14-11-26-19(23-14)12(2)3/h5-8,10-12H,4,9H2,1-3H3,(H,21,25). The minimum absolute atomic E-state index is 0.144. The van der Waals surface area contributed by atoms with Crippen LogP contribution >= 0.6 is 22.9 Å². The van der Waals surface area contributed by atoms with E-state index in [1.54, 1.807) is 22.2 Å². The van der Waals surface area contributed by atoms with Crippen LogP contribution in [0.5, 0.6) is 0 Å². The molecular formula is C19H21ClN4OS. The van der Waals surface area contributed by atoms with Crippen molar-refractivity contribution in [3.8, 4) is 5.69 Å². The number of carbonyl (C=O) groups is 1. The van der Waals surface area contributed by atoms with E-state index >= 15 is 0 Å². The summed E-state index contributed by atoms with van der Waals surface area (Å²) >= 11 is 7.70. The van der Waals surface area contributed by atoms with Crippen LogP contribution in [0.4, 0.5) is 0 Å². The average Bonchev–Trinajstić information content (AvgIpc) is 3.26. The van der Waals surface area contributed by atoms with Crippen molar-refractivity contribution < 1.29 is 4.79 Å². The third kappa shape index (κ3) is 3.97. The van der Waals surface area contributed by atoms with Gasteiger partial charge in [0.25, 0.3) is 5.91 Å². The highest BCUT2D eigenvalue weighted by atomic mass is 35.5. The third-order valence-electron chi connectivity index (χ3n) is 3.99. The minimum Gasteiger partial charge on any atom is -0.346 e. The molecule has 0 fully saturated rings. The van der Waals surface area contributed by atoms with Crippen molar-refractivity contribution in [2.24, 2.45) is 0 Å². The fourth-order valence-electron chi connectivity index (χ4n) is 2.67. The van der Waals surface area contributed by atoms with Gasteiger partial charge in [-0.1, -0.05) is 38.4 Å². The lowest BCUT2D eigenvalue weighted by molar-refractivity contribution is 0.0949. The number of nitrogens with one attached hydrogen (secondary N) is 1. The lowest BCUT2D eigenvalue weighted by Crippen LogP contribution is -2.24. The molecule has 0 saturated heterocycles. The molecule has 0 spiro atoms. The zero-order chi connectivity index (χ0) is 18.7. The first-order valence-corrected chi connectivity index (χ1v) is 9.80. The van der Waals surface area contributed by atoms with Gasteiger partial charge in [0.15, 0.2) is 0 Å². The van der Waals surface area contributed by atoms with E-state index in [1.165, 1.54) is 0 Å². The van der Waals surface area contributed by atoms with Gasteiger partial charge in [0, 0.05) is 16.3 Å². The van der Waals surface area contributed by atoms with Crippen LogP contribution in [0.15, 0.2) is 35.8 Å². The third-order valence-corrected chi connectivity index (χ3v) is 5.42. The second kappa shape index (κ2) is 8.01. The molecule has 5 nitrogen and oxygen atoms in total. The van der Waals surface area contributed by atoms with Gasteiger partial charge in [-0.05, 0) is 24.6 Å². The number of amides is 1. The Balaban J connectivity index is 1.77. The molecule has 0 bridgehead atoms. The largest absolute Gasteiger partial charge is 0.346 e. The van der Waals surface area contributed by atoms with E-state index in [2.05, 4.69) is 29.2 Å². The van der Waals surface area contributed by atoms with Crippen molar-refractivity contribution in [2.45, 2.75) is 39.7 Å². The van der Waals surface area contributed by atoms with Crippen LogP contribution in [0.2, 0.25) is 5.02 Å². The monoisotopic (exact) mass is 388 g/mol. The van der Waals surface area contributed by atoms with Crippen molar-refractivity contribution in [1.29, 1.82) is 0 Å². The molecule has 1 aromatic carbocycles. The quantitative estimate of drug-likeness (QED) is 0.671. The van der Waals surface area contributed by atoms with Crippen LogP contribution in [0.3, 0.4) is 0 Å². The smallest absolute Gasteiger partial charge is 0.255 e. The lowest BCUT2D eigenvalue weighted by Gasteiger charge is -2.08. The average molecular weight is 389 g/mol. The van der Waals surface area contributed by atoms with E-state index < -0.39 is 0 Å². The van der Waals surface area contributed by atoms with Gasteiger partial charge in [-0.25, -0.2) is 9.67 Å². The summed E-state index contributed by atoms with van der Waals surface area (Å²) in [5.74, 6) is 0.251. The van der Waals surface area contributed by atoms with E-state index in [4.69, 9.17) is 11.6 Å². The molecule has 7 heteroatoms. The summed E-state index contributed by atoms with van der Waals surface area (Å²) in [5, 5.41) is 11.0. The van der Waals surface area contributed by atoms with Crippen molar-refractivity contribution in [1.82, 2.24) is 20.1 Å². The van der Waals surface area contributed by atoms with Crippen LogP contribution < -0.4 is 5.32 Å². The molecule has 3 aromatic rings. The molecule has 0 atom stereocenters. The van der Waals surface area contributed by atoms with Crippen molar-refractivity contribution >= 4 is 28.8 Å². The van der Waals surface area contributed by atoms with Gasteiger partial charge in [0.05, 0.1) is 40.4 Å². The molecule has 2 heterocycles. The van der Waals surface area contributed by atoms with E-state index in [-0.39, 0.29) is 5.91 Å². The highest BCUT2D eigenvalue weighted by Crippen LogP contribution is 2.20. The number of halogens is 1. The first-order valence-electron chi connectivity index (χ1n) is 8.55. The highest BCUT2D eigenvalue weighted by Gasteiger charge is 2.17. The van der Waals surface area contributed by atoms with Crippen molar-refractivity contribution in [2.75, 3.05) is 0 Å². The zero-order valence-corrected chi connectivity index (χ0v) is 16.6. The van der Waals surface area contributed by atoms with Crippen LogP contribution in [0, 0.1) is 0 Å². The molecule has 1 amide bonds. The van der Waals surface area contributed by atoms with Gasteiger partial charge >= 0.3 is 0 Å². The maximum Gasteiger partial charge on any atom is 0.255 e. The zero-order valence-electron chi connectivity index (χ0n) is 15.0. The molecule has 1 N–H and O–H groups in total. The van der Waals surface area contributed by atoms with Crippen LogP contribution in [0.1, 0.15) is 53.4 Å². The Hall–Kier alpha value is -2.18. The number of hydrogen-bond acceptors (Lipinski definition) is 4. The van der Waals surface area contributed by atoms with Gasteiger partial charge < -0.3 is 5.32 Å². The fraction of sp³-hybridized carbons (Fsp3) is 0.316. The number of rotatable bonds is 6. The first-order chi connectivity index (χ1) is 12.5. The van der Waals surface area contributed by atoms with Crippen molar-refractivity contribution in [3.63, 3.8) is 0 Å². The number of nitrogens with zero attached hydrogens (tertiary/aromatic N) is 3. The maximum absolute atomic E-state index is 12.6. The summed E-state index contributed by atoms with van der Waals surface area (Å²) in [6, 6.07) is 7.43. The molecule has 2 aromatic heterocycles. The van der Waals surface area contributed by atoms with Gasteiger partial charge in [0.2, 0.25) is 0 Å². The Labute approximate surface area is 162 Å². The Bertz CT molecular complexity index is 916. The van der Waals surface area contributed by atoms with E-state index in [1.807, 2.05) is 36.6 Å². The fourth-order valence-corrected chi connectivity index (χ4v) is 3.69. The Morgan fingerprint density at radius 2 is 2.19 bits per heavy atom. The second-order valence-electron chi connectivity index (χ2n) is 6.26. The Morgan fingerprint density at radius 3 is 2.85 bits per heavy atom. The number of thiazole rings is 1. The van der Waals surface area contributed by atoms with Gasteiger partial charge in [-0.3, -0.25) is 4.79 Å². The molecule has 0 radical (unpaired) electrons.